The molecule has 0 radical (unpaired) electrons. The molecule has 0 aliphatic heterocycles. The van der Waals surface area contributed by atoms with Crippen molar-refractivity contribution in [2.45, 2.75) is 20.8 Å². The molecule has 0 saturated carbocycles. The van der Waals surface area contributed by atoms with Crippen molar-refractivity contribution in [3.05, 3.63) is 63.9 Å². The van der Waals surface area contributed by atoms with Crippen LogP contribution in [0, 0.1) is 18.6 Å². The zero-order valence-corrected chi connectivity index (χ0v) is 15.3. The van der Waals surface area contributed by atoms with Crippen LogP contribution in [-0.4, -0.2) is 27.7 Å². The largest absolute Gasteiger partial charge is 0.493 e. The predicted molar refractivity (Wildman–Crippen MR) is 103 cm³/mol. The molecule has 0 saturated heterocycles. The molecule has 25 heavy (non-hydrogen) atoms. The Labute approximate surface area is 152 Å². The Kier molecular flexibility index (Phi) is 5.09. The number of aromatic nitrogens is 3. The van der Waals surface area contributed by atoms with Crippen LogP contribution in [0.15, 0.2) is 47.6 Å². The van der Waals surface area contributed by atoms with E-state index in [1.165, 1.54) is 5.56 Å². The van der Waals surface area contributed by atoms with Gasteiger partial charge in [0.25, 0.3) is 0 Å². The summed E-state index contributed by atoms with van der Waals surface area (Å²) in [5.41, 5.74) is 4.27. The third-order valence-corrected chi connectivity index (χ3v) is 4.08. The molecule has 0 unspecified atom stereocenters. The number of ether oxygens (including phenoxy) is 1. The average Bonchev–Trinajstić information content (AvgIpc) is 2.96. The van der Waals surface area contributed by atoms with Crippen LogP contribution in [0.2, 0.25) is 0 Å². The molecule has 128 valence electrons. The van der Waals surface area contributed by atoms with Gasteiger partial charge < -0.3 is 4.74 Å². The quantitative estimate of drug-likeness (QED) is 0.543. The Balaban J connectivity index is 2.03. The number of rotatable bonds is 5. The summed E-state index contributed by atoms with van der Waals surface area (Å²) in [5, 5.41) is 11.7. The second-order valence-electron chi connectivity index (χ2n) is 5.70. The zero-order valence-electron chi connectivity index (χ0n) is 14.5. The van der Waals surface area contributed by atoms with E-state index in [-0.39, 0.29) is 0 Å². The first-order chi connectivity index (χ1) is 12.1. The van der Waals surface area contributed by atoms with Gasteiger partial charge in [-0.1, -0.05) is 35.9 Å². The van der Waals surface area contributed by atoms with Crippen molar-refractivity contribution in [2.24, 2.45) is 5.10 Å². The number of hydrogen-bond donors (Lipinski definition) is 1. The van der Waals surface area contributed by atoms with Gasteiger partial charge in [-0.25, -0.2) is 5.10 Å². The molecule has 5 nitrogen and oxygen atoms in total. The smallest absolute Gasteiger partial charge is 0.216 e. The van der Waals surface area contributed by atoms with Gasteiger partial charge in [-0.05, 0) is 56.2 Å². The number of H-pyrrole nitrogens is 1. The first-order valence-electron chi connectivity index (χ1n) is 8.11. The first-order valence-corrected chi connectivity index (χ1v) is 8.52. The van der Waals surface area contributed by atoms with Crippen LogP contribution in [0.4, 0.5) is 0 Å². The topological polar surface area (TPSA) is 55.2 Å². The second-order valence-corrected chi connectivity index (χ2v) is 6.08. The average molecular weight is 352 g/mol. The fourth-order valence-corrected chi connectivity index (χ4v) is 2.78. The monoisotopic (exact) mass is 352 g/mol. The normalized spacial score (nSPS) is 11.2. The van der Waals surface area contributed by atoms with Crippen LogP contribution in [0.1, 0.15) is 23.6 Å². The van der Waals surface area contributed by atoms with Gasteiger partial charge in [0.15, 0.2) is 5.82 Å². The molecule has 3 rings (SSSR count). The highest BCUT2D eigenvalue weighted by atomic mass is 32.1. The van der Waals surface area contributed by atoms with E-state index in [2.05, 4.69) is 41.3 Å². The number of aryl methyl sites for hydroxylation is 2. The summed E-state index contributed by atoms with van der Waals surface area (Å²) in [4.78, 5) is 0. The van der Waals surface area contributed by atoms with Gasteiger partial charge >= 0.3 is 0 Å². The molecule has 0 bridgehead atoms. The highest BCUT2D eigenvalue weighted by Gasteiger charge is 2.13. The number of nitrogens with zero attached hydrogens (tertiary/aromatic N) is 3. The van der Waals surface area contributed by atoms with Gasteiger partial charge in [0.2, 0.25) is 4.77 Å². The van der Waals surface area contributed by atoms with Gasteiger partial charge in [0.1, 0.15) is 5.75 Å². The summed E-state index contributed by atoms with van der Waals surface area (Å²) in [6.07, 6.45) is 1.80. The summed E-state index contributed by atoms with van der Waals surface area (Å²) < 4.78 is 7.75. The van der Waals surface area contributed by atoms with Crippen molar-refractivity contribution in [3.63, 3.8) is 0 Å². The second kappa shape index (κ2) is 7.44. The van der Waals surface area contributed by atoms with Crippen molar-refractivity contribution < 1.29 is 4.74 Å². The number of nitrogens with one attached hydrogen (secondary N) is 1. The number of benzene rings is 2. The lowest BCUT2D eigenvalue weighted by Crippen LogP contribution is -1.99. The minimum absolute atomic E-state index is 0.433. The molecule has 1 aromatic heterocycles. The molecule has 0 amide bonds. The fourth-order valence-electron chi connectivity index (χ4n) is 2.60. The van der Waals surface area contributed by atoms with Crippen LogP contribution in [-0.2, 0) is 0 Å². The number of para-hydroxylation sites is 1. The first kappa shape index (κ1) is 17.1. The van der Waals surface area contributed by atoms with E-state index in [1.54, 1.807) is 10.9 Å². The SMILES string of the molecule is CCOc1ccccc1-c1n[nH]c(=S)n1/N=C\c1ccc(C)cc1C. The Morgan fingerprint density at radius 3 is 2.80 bits per heavy atom. The standard InChI is InChI=1S/C19H20N4OS/c1-4-24-17-8-6-5-7-16(17)18-21-22-19(25)23(18)20-12-15-10-9-13(2)11-14(15)3/h5-12H,4H2,1-3H3,(H,22,25)/b20-12-. The molecular formula is C19H20N4OS. The maximum absolute atomic E-state index is 5.70. The molecule has 0 atom stereocenters. The number of hydrogen-bond acceptors (Lipinski definition) is 4. The summed E-state index contributed by atoms with van der Waals surface area (Å²) in [7, 11) is 0. The van der Waals surface area contributed by atoms with Crippen LogP contribution in [0.5, 0.6) is 5.75 Å². The molecule has 3 aromatic rings. The molecule has 6 heteroatoms. The lowest BCUT2D eigenvalue weighted by molar-refractivity contribution is 0.341. The van der Waals surface area contributed by atoms with E-state index in [0.29, 0.717) is 17.2 Å². The molecule has 0 fully saturated rings. The van der Waals surface area contributed by atoms with Crippen molar-refractivity contribution in [2.75, 3.05) is 6.61 Å². The summed E-state index contributed by atoms with van der Waals surface area (Å²) >= 11 is 5.34. The van der Waals surface area contributed by atoms with Gasteiger partial charge in [-0.2, -0.15) is 14.9 Å². The van der Waals surface area contributed by atoms with E-state index in [4.69, 9.17) is 17.0 Å². The molecule has 1 N–H and O–H groups in total. The Hall–Kier alpha value is -2.73. The van der Waals surface area contributed by atoms with E-state index in [1.807, 2.05) is 37.3 Å². The van der Waals surface area contributed by atoms with E-state index >= 15 is 0 Å². The molecular weight excluding hydrogens is 332 g/mol. The zero-order chi connectivity index (χ0) is 17.8. The summed E-state index contributed by atoms with van der Waals surface area (Å²) in [6, 6.07) is 14.0. The lowest BCUT2D eigenvalue weighted by atomic mass is 10.1. The Bertz CT molecular complexity index is 972. The van der Waals surface area contributed by atoms with E-state index in [9.17, 15) is 0 Å². The van der Waals surface area contributed by atoms with Crippen molar-refractivity contribution in [1.29, 1.82) is 0 Å². The molecule has 0 aliphatic rings. The van der Waals surface area contributed by atoms with Crippen LogP contribution >= 0.6 is 12.2 Å². The Morgan fingerprint density at radius 1 is 1.24 bits per heavy atom. The Morgan fingerprint density at radius 2 is 2.04 bits per heavy atom. The van der Waals surface area contributed by atoms with Gasteiger partial charge in [0.05, 0.1) is 18.4 Å². The third kappa shape index (κ3) is 3.69. The predicted octanol–water partition coefficient (Wildman–Crippen LogP) is 4.51. The minimum atomic E-state index is 0.433. The lowest BCUT2D eigenvalue weighted by Gasteiger charge is -2.09. The minimum Gasteiger partial charge on any atom is -0.493 e. The summed E-state index contributed by atoms with van der Waals surface area (Å²) in [6.45, 7) is 6.66. The molecule has 0 aliphatic carbocycles. The molecule has 2 aromatic carbocycles. The maximum Gasteiger partial charge on any atom is 0.216 e. The fraction of sp³-hybridized carbons (Fsp3) is 0.211. The highest BCUT2D eigenvalue weighted by Crippen LogP contribution is 2.28. The van der Waals surface area contributed by atoms with Crippen LogP contribution in [0.25, 0.3) is 11.4 Å². The summed E-state index contributed by atoms with van der Waals surface area (Å²) in [5.74, 6) is 1.37. The number of aromatic amines is 1. The van der Waals surface area contributed by atoms with Gasteiger partial charge in [0, 0.05) is 0 Å². The highest BCUT2D eigenvalue weighted by molar-refractivity contribution is 7.71. The van der Waals surface area contributed by atoms with Gasteiger partial charge in [-0.15, -0.1) is 0 Å². The molecule has 0 spiro atoms. The van der Waals surface area contributed by atoms with Crippen LogP contribution < -0.4 is 4.74 Å². The van der Waals surface area contributed by atoms with E-state index < -0.39 is 0 Å². The van der Waals surface area contributed by atoms with Crippen LogP contribution in [0.3, 0.4) is 0 Å². The van der Waals surface area contributed by atoms with Crippen molar-refractivity contribution in [1.82, 2.24) is 14.9 Å². The maximum atomic E-state index is 5.70. The van der Waals surface area contributed by atoms with E-state index in [0.717, 1.165) is 22.4 Å². The molecule has 1 heterocycles. The van der Waals surface area contributed by atoms with Crippen molar-refractivity contribution >= 4 is 18.4 Å². The third-order valence-electron chi connectivity index (χ3n) is 3.82. The van der Waals surface area contributed by atoms with Gasteiger partial charge in [-0.3, -0.25) is 0 Å². The van der Waals surface area contributed by atoms with Crippen molar-refractivity contribution in [3.8, 4) is 17.1 Å².